The Morgan fingerprint density at radius 3 is 2.31 bits per heavy atom. The first kappa shape index (κ1) is 10.7. The minimum Gasteiger partial charge on any atom is -0.491 e. The highest BCUT2D eigenvalue weighted by Gasteiger charge is 1.99. The summed E-state index contributed by atoms with van der Waals surface area (Å²) in [5.74, 6) is 0.905. The van der Waals surface area contributed by atoms with Crippen LogP contribution in [0.1, 0.15) is 13.8 Å². The van der Waals surface area contributed by atoms with E-state index in [-0.39, 0.29) is 6.10 Å². The van der Waals surface area contributed by atoms with Crippen LogP contribution < -0.4 is 4.74 Å². The average molecular weight is 213 g/mol. The summed E-state index contributed by atoms with van der Waals surface area (Å²) in [6.45, 7) is 4.05. The van der Waals surface area contributed by atoms with E-state index in [1.54, 1.807) is 6.20 Å². The van der Waals surface area contributed by atoms with Crippen molar-refractivity contribution in [2.24, 2.45) is 0 Å². The van der Waals surface area contributed by atoms with E-state index in [4.69, 9.17) is 4.74 Å². The molecule has 0 amide bonds. The van der Waals surface area contributed by atoms with Gasteiger partial charge in [-0.15, -0.1) is 0 Å². The fourth-order valence-electron chi connectivity index (χ4n) is 1.53. The molecule has 0 saturated heterocycles. The van der Waals surface area contributed by atoms with Gasteiger partial charge in [0.15, 0.2) is 0 Å². The zero-order valence-electron chi connectivity index (χ0n) is 9.55. The van der Waals surface area contributed by atoms with Crippen LogP contribution in [0.4, 0.5) is 0 Å². The van der Waals surface area contributed by atoms with E-state index in [0.717, 1.165) is 16.9 Å². The molecule has 0 aliphatic rings. The second-order valence-corrected chi connectivity index (χ2v) is 3.93. The molecule has 0 aliphatic carbocycles. The van der Waals surface area contributed by atoms with E-state index in [1.807, 2.05) is 44.3 Å². The zero-order valence-corrected chi connectivity index (χ0v) is 9.55. The highest BCUT2D eigenvalue weighted by atomic mass is 16.5. The molecule has 0 spiro atoms. The Hall–Kier alpha value is -1.83. The van der Waals surface area contributed by atoms with Crippen LogP contribution in [-0.4, -0.2) is 11.1 Å². The van der Waals surface area contributed by atoms with Gasteiger partial charge in [-0.05, 0) is 43.2 Å². The second kappa shape index (κ2) is 4.79. The summed E-state index contributed by atoms with van der Waals surface area (Å²) >= 11 is 0. The molecule has 0 atom stereocenters. The lowest BCUT2D eigenvalue weighted by Gasteiger charge is -2.09. The van der Waals surface area contributed by atoms with Crippen LogP contribution in [0.2, 0.25) is 0 Å². The first-order valence-corrected chi connectivity index (χ1v) is 5.43. The van der Waals surface area contributed by atoms with E-state index < -0.39 is 0 Å². The van der Waals surface area contributed by atoms with Gasteiger partial charge < -0.3 is 4.74 Å². The van der Waals surface area contributed by atoms with Crippen LogP contribution in [0, 0.1) is 0 Å². The van der Waals surface area contributed by atoms with Crippen LogP contribution in [0.3, 0.4) is 0 Å². The summed E-state index contributed by atoms with van der Waals surface area (Å²) in [4.78, 5) is 4.10. The first-order valence-electron chi connectivity index (χ1n) is 5.43. The molecule has 0 fully saturated rings. The predicted octanol–water partition coefficient (Wildman–Crippen LogP) is 3.54. The minimum atomic E-state index is 0.212. The summed E-state index contributed by atoms with van der Waals surface area (Å²) < 4.78 is 5.59. The SMILES string of the molecule is CC(C)Oc1ccc(-c2cccnc2)cc1. The highest BCUT2D eigenvalue weighted by Crippen LogP contribution is 2.21. The highest BCUT2D eigenvalue weighted by molar-refractivity contribution is 5.62. The quantitative estimate of drug-likeness (QED) is 0.778. The number of hydrogen-bond acceptors (Lipinski definition) is 2. The third kappa shape index (κ3) is 2.60. The number of nitrogens with zero attached hydrogens (tertiary/aromatic N) is 1. The average Bonchev–Trinajstić information content (AvgIpc) is 2.30. The third-order valence-corrected chi connectivity index (χ3v) is 2.22. The Morgan fingerprint density at radius 1 is 1.00 bits per heavy atom. The molecule has 0 saturated carbocycles. The molecule has 16 heavy (non-hydrogen) atoms. The fourth-order valence-corrected chi connectivity index (χ4v) is 1.53. The molecule has 1 heterocycles. The Kier molecular flexibility index (Phi) is 3.20. The van der Waals surface area contributed by atoms with Crippen molar-refractivity contribution >= 4 is 0 Å². The normalized spacial score (nSPS) is 10.4. The number of pyridine rings is 1. The van der Waals surface area contributed by atoms with Crippen molar-refractivity contribution in [2.75, 3.05) is 0 Å². The Bertz CT molecular complexity index is 434. The van der Waals surface area contributed by atoms with Crippen molar-refractivity contribution < 1.29 is 4.74 Å². The van der Waals surface area contributed by atoms with E-state index in [0.29, 0.717) is 0 Å². The van der Waals surface area contributed by atoms with Crippen molar-refractivity contribution in [3.8, 4) is 16.9 Å². The van der Waals surface area contributed by atoms with Crippen molar-refractivity contribution in [2.45, 2.75) is 20.0 Å². The largest absolute Gasteiger partial charge is 0.491 e. The van der Waals surface area contributed by atoms with Crippen LogP contribution in [-0.2, 0) is 0 Å². The van der Waals surface area contributed by atoms with Crippen LogP contribution in [0.25, 0.3) is 11.1 Å². The molecular weight excluding hydrogens is 198 g/mol. The molecular formula is C14H15NO. The zero-order chi connectivity index (χ0) is 11.4. The van der Waals surface area contributed by atoms with Gasteiger partial charge in [0, 0.05) is 12.4 Å². The maximum Gasteiger partial charge on any atom is 0.119 e. The number of rotatable bonds is 3. The molecule has 0 N–H and O–H groups in total. The molecule has 82 valence electrons. The Balaban J connectivity index is 2.20. The van der Waals surface area contributed by atoms with Gasteiger partial charge in [-0.3, -0.25) is 4.98 Å². The topological polar surface area (TPSA) is 22.1 Å². The number of hydrogen-bond donors (Lipinski definition) is 0. The molecule has 0 unspecified atom stereocenters. The molecule has 2 heteroatoms. The van der Waals surface area contributed by atoms with Gasteiger partial charge in [0.25, 0.3) is 0 Å². The molecule has 0 radical (unpaired) electrons. The summed E-state index contributed by atoms with van der Waals surface area (Å²) in [5, 5.41) is 0. The number of benzene rings is 1. The Morgan fingerprint density at radius 2 is 1.75 bits per heavy atom. The molecule has 2 rings (SSSR count). The monoisotopic (exact) mass is 213 g/mol. The van der Waals surface area contributed by atoms with Crippen molar-refractivity contribution in [1.82, 2.24) is 4.98 Å². The molecule has 1 aromatic heterocycles. The second-order valence-electron chi connectivity index (χ2n) is 3.93. The smallest absolute Gasteiger partial charge is 0.119 e. The summed E-state index contributed by atoms with van der Waals surface area (Å²) in [6.07, 6.45) is 3.85. The van der Waals surface area contributed by atoms with E-state index in [9.17, 15) is 0 Å². The van der Waals surface area contributed by atoms with E-state index in [1.165, 1.54) is 0 Å². The van der Waals surface area contributed by atoms with Crippen LogP contribution >= 0.6 is 0 Å². The van der Waals surface area contributed by atoms with Gasteiger partial charge in [-0.25, -0.2) is 0 Å². The van der Waals surface area contributed by atoms with Gasteiger partial charge in [-0.2, -0.15) is 0 Å². The first-order chi connectivity index (χ1) is 7.75. The van der Waals surface area contributed by atoms with E-state index >= 15 is 0 Å². The predicted molar refractivity (Wildman–Crippen MR) is 65.4 cm³/mol. The fraction of sp³-hybridized carbons (Fsp3) is 0.214. The number of ether oxygens (including phenoxy) is 1. The number of aromatic nitrogens is 1. The molecule has 0 bridgehead atoms. The molecule has 1 aromatic carbocycles. The van der Waals surface area contributed by atoms with Crippen LogP contribution in [0.5, 0.6) is 5.75 Å². The van der Waals surface area contributed by atoms with Crippen molar-refractivity contribution in [3.05, 3.63) is 48.8 Å². The lowest BCUT2D eigenvalue weighted by atomic mass is 10.1. The molecule has 2 aromatic rings. The maximum absolute atomic E-state index is 5.59. The minimum absolute atomic E-state index is 0.212. The third-order valence-electron chi connectivity index (χ3n) is 2.22. The summed E-state index contributed by atoms with van der Waals surface area (Å²) in [6, 6.07) is 12.1. The van der Waals surface area contributed by atoms with Gasteiger partial charge in [0.2, 0.25) is 0 Å². The lowest BCUT2D eigenvalue weighted by molar-refractivity contribution is 0.242. The maximum atomic E-state index is 5.59. The van der Waals surface area contributed by atoms with Crippen molar-refractivity contribution in [1.29, 1.82) is 0 Å². The van der Waals surface area contributed by atoms with Crippen molar-refractivity contribution in [3.63, 3.8) is 0 Å². The Labute approximate surface area is 95.9 Å². The van der Waals surface area contributed by atoms with E-state index in [2.05, 4.69) is 17.1 Å². The standard InChI is InChI=1S/C14H15NO/c1-11(2)16-14-7-5-12(6-8-14)13-4-3-9-15-10-13/h3-11H,1-2H3. The van der Waals surface area contributed by atoms with Gasteiger partial charge in [0.05, 0.1) is 6.10 Å². The summed E-state index contributed by atoms with van der Waals surface area (Å²) in [7, 11) is 0. The van der Waals surface area contributed by atoms with Gasteiger partial charge in [0.1, 0.15) is 5.75 Å². The molecule has 2 nitrogen and oxygen atoms in total. The van der Waals surface area contributed by atoms with Gasteiger partial charge in [-0.1, -0.05) is 18.2 Å². The summed E-state index contributed by atoms with van der Waals surface area (Å²) in [5.41, 5.74) is 2.28. The lowest BCUT2D eigenvalue weighted by Crippen LogP contribution is -2.05. The molecule has 0 aliphatic heterocycles. The van der Waals surface area contributed by atoms with Gasteiger partial charge >= 0.3 is 0 Å². The van der Waals surface area contributed by atoms with Crippen LogP contribution in [0.15, 0.2) is 48.8 Å².